The first-order valence-electron chi connectivity index (χ1n) is 15.2. The van der Waals surface area contributed by atoms with Crippen molar-refractivity contribution >= 4 is 11.8 Å². The van der Waals surface area contributed by atoms with Crippen LogP contribution in [-0.4, -0.2) is 66.2 Å². The summed E-state index contributed by atoms with van der Waals surface area (Å²) in [5.74, 6) is 0.917. The molecule has 2 amide bonds. The van der Waals surface area contributed by atoms with Crippen molar-refractivity contribution in [1.82, 2.24) is 15.1 Å². The summed E-state index contributed by atoms with van der Waals surface area (Å²) in [5.41, 5.74) is 1.83. The van der Waals surface area contributed by atoms with Gasteiger partial charge in [-0.15, -0.1) is 13.2 Å². The molecular weight excluding hydrogens is 519 g/mol. The fourth-order valence-corrected chi connectivity index (χ4v) is 7.44. The average Bonchev–Trinajstić information content (AvgIpc) is 2.93. The van der Waals surface area contributed by atoms with Crippen LogP contribution in [0.25, 0.3) is 0 Å². The topological polar surface area (TPSA) is 61.9 Å². The zero-order chi connectivity index (χ0) is 28.1. The Bertz CT molecular complexity index is 1060. The third kappa shape index (κ3) is 7.20. The highest BCUT2D eigenvalue weighted by Crippen LogP contribution is 2.45. The lowest BCUT2D eigenvalue weighted by molar-refractivity contribution is -0.274. The Balaban J connectivity index is 0.982. The molecule has 5 rings (SSSR count). The van der Waals surface area contributed by atoms with Gasteiger partial charge >= 0.3 is 6.36 Å². The summed E-state index contributed by atoms with van der Waals surface area (Å²) >= 11 is 0. The molecular formula is C31H42F3N3O3. The highest BCUT2D eigenvalue weighted by molar-refractivity contribution is 5.94. The monoisotopic (exact) mass is 561 g/mol. The maximum atomic E-state index is 13.3. The van der Waals surface area contributed by atoms with Crippen molar-refractivity contribution in [3.05, 3.63) is 41.5 Å². The SMILES string of the molecule is O=C(NCCCCCCCC(=O)N1CCCC2=C[C@@H]3C[C@@H](CN4CCCC[C@H]34)[C@@H]21)c1ccc(OC(F)(F)F)cc1. The molecule has 0 aromatic heterocycles. The highest BCUT2D eigenvalue weighted by atomic mass is 19.4. The second-order valence-electron chi connectivity index (χ2n) is 11.9. The number of carbonyl (C=O) groups excluding carboxylic acids is 2. The van der Waals surface area contributed by atoms with Crippen LogP contribution in [0.3, 0.4) is 0 Å². The molecule has 3 aliphatic heterocycles. The van der Waals surface area contributed by atoms with Gasteiger partial charge < -0.3 is 15.0 Å². The van der Waals surface area contributed by atoms with Crippen molar-refractivity contribution in [2.24, 2.45) is 11.8 Å². The van der Waals surface area contributed by atoms with Crippen LogP contribution >= 0.6 is 0 Å². The number of piperidine rings is 3. The molecule has 3 heterocycles. The molecule has 1 aliphatic carbocycles. The lowest BCUT2D eigenvalue weighted by Gasteiger charge is -2.54. The molecule has 4 atom stereocenters. The summed E-state index contributed by atoms with van der Waals surface area (Å²) < 4.78 is 40.6. The number of amides is 2. The van der Waals surface area contributed by atoms with E-state index in [2.05, 4.69) is 25.9 Å². The van der Waals surface area contributed by atoms with E-state index >= 15 is 0 Å². The molecule has 220 valence electrons. The summed E-state index contributed by atoms with van der Waals surface area (Å²) in [5, 5.41) is 2.81. The van der Waals surface area contributed by atoms with Crippen LogP contribution in [0.1, 0.15) is 87.4 Å². The number of alkyl halides is 3. The predicted molar refractivity (Wildman–Crippen MR) is 147 cm³/mol. The van der Waals surface area contributed by atoms with Crippen LogP contribution in [0.2, 0.25) is 0 Å². The van der Waals surface area contributed by atoms with E-state index in [0.717, 1.165) is 76.2 Å². The van der Waals surface area contributed by atoms with Crippen LogP contribution < -0.4 is 10.1 Å². The van der Waals surface area contributed by atoms with Crippen molar-refractivity contribution in [3.63, 3.8) is 0 Å². The van der Waals surface area contributed by atoms with E-state index in [1.54, 1.807) is 5.57 Å². The van der Waals surface area contributed by atoms with Gasteiger partial charge in [0, 0.05) is 37.7 Å². The number of rotatable bonds is 10. The number of benzene rings is 1. The maximum absolute atomic E-state index is 13.3. The maximum Gasteiger partial charge on any atom is 0.573 e. The quantitative estimate of drug-likeness (QED) is 0.278. The zero-order valence-corrected chi connectivity index (χ0v) is 23.3. The van der Waals surface area contributed by atoms with E-state index in [-0.39, 0.29) is 11.7 Å². The summed E-state index contributed by atoms with van der Waals surface area (Å²) in [4.78, 5) is 30.5. The Morgan fingerprint density at radius 3 is 2.55 bits per heavy atom. The third-order valence-electron chi connectivity index (χ3n) is 9.18. The molecule has 0 radical (unpaired) electrons. The van der Waals surface area contributed by atoms with Gasteiger partial charge in [0.15, 0.2) is 0 Å². The Hall–Kier alpha value is -2.55. The Morgan fingerprint density at radius 1 is 0.975 bits per heavy atom. The van der Waals surface area contributed by atoms with E-state index in [1.807, 2.05) is 0 Å². The summed E-state index contributed by atoms with van der Waals surface area (Å²) in [6.07, 6.45) is 10.6. The first kappa shape index (κ1) is 29.0. The average molecular weight is 562 g/mol. The number of likely N-dealkylation sites (tertiary alicyclic amines) is 1. The van der Waals surface area contributed by atoms with E-state index in [1.165, 1.54) is 44.4 Å². The Kier molecular flexibility index (Phi) is 9.38. The molecule has 2 bridgehead atoms. The highest BCUT2D eigenvalue weighted by Gasteiger charge is 2.46. The van der Waals surface area contributed by atoms with E-state index in [0.29, 0.717) is 42.3 Å². The number of hydrogen-bond donors (Lipinski definition) is 1. The molecule has 1 aromatic rings. The predicted octanol–water partition coefficient (Wildman–Crippen LogP) is 6.08. The van der Waals surface area contributed by atoms with Crippen LogP contribution in [0, 0.1) is 11.8 Å². The number of unbranched alkanes of at least 4 members (excludes halogenated alkanes) is 4. The lowest BCUT2D eigenvalue weighted by atomic mass is 9.68. The number of fused-ring (bicyclic) bond motifs is 6. The number of hydrogen-bond acceptors (Lipinski definition) is 4. The van der Waals surface area contributed by atoms with Gasteiger partial charge in [-0.3, -0.25) is 14.5 Å². The smallest absolute Gasteiger partial charge is 0.406 e. The minimum Gasteiger partial charge on any atom is -0.406 e. The number of nitrogens with zero attached hydrogens (tertiary/aromatic N) is 2. The number of ether oxygens (including phenoxy) is 1. The standard InChI is InChI=1S/C31H42F3N3O3/c32-31(33,34)40-26-14-12-22(13-15-26)30(39)35-16-6-3-1-2-4-11-28(38)37-18-8-9-23-19-24-20-25(29(23)37)21-36-17-7-5-10-27(24)36/h12-15,19,24-25,27,29H,1-11,16-18,20-21H2,(H,35,39)/t24-,25+,27-,29-/m1/s1. The second-order valence-corrected chi connectivity index (χ2v) is 11.9. The van der Waals surface area contributed by atoms with Gasteiger partial charge in [0.1, 0.15) is 5.75 Å². The fraction of sp³-hybridized carbons (Fsp3) is 0.677. The normalized spacial score (nSPS) is 26.4. The van der Waals surface area contributed by atoms with Crippen LogP contribution in [0.4, 0.5) is 13.2 Å². The Labute approximate surface area is 235 Å². The molecule has 3 fully saturated rings. The van der Waals surface area contributed by atoms with Crippen molar-refractivity contribution in [1.29, 1.82) is 0 Å². The second kappa shape index (κ2) is 13.0. The first-order chi connectivity index (χ1) is 19.3. The van der Waals surface area contributed by atoms with Gasteiger partial charge in [0.05, 0.1) is 6.04 Å². The van der Waals surface area contributed by atoms with Crippen molar-refractivity contribution in [2.75, 3.05) is 26.2 Å². The lowest BCUT2D eigenvalue weighted by Crippen LogP contribution is -2.60. The van der Waals surface area contributed by atoms with E-state index < -0.39 is 6.36 Å². The zero-order valence-electron chi connectivity index (χ0n) is 23.3. The molecule has 9 heteroatoms. The van der Waals surface area contributed by atoms with E-state index in [9.17, 15) is 22.8 Å². The Morgan fingerprint density at radius 2 is 1.75 bits per heavy atom. The number of nitrogens with one attached hydrogen (secondary N) is 1. The van der Waals surface area contributed by atoms with Gasteiger partial charge in [-0.1, -0.05) is 37.3 Å². The molecule has 0 unspecified atom stereocenters. The van der Waals surface area contributed by atoms with Crippen molar-refractivity contribution in [2.45, 2.75) is 95.5 Å². The molecule has 1 N–H and O–H groups in total. The first-order valence-corrected chi connectivity index (χ1v) is 15.2. The molecule has 3 saturated heterocycles. The van der Waals surface area contributed by atoms with Gasteiger partial charge in [0.25, 0.3) is 5.91 Å². The van der Waals surface area contributed by atoms with Crippen LogP contribution in [0.15, 0.2) is 35.9 Å². The molecule has 0 spiro atoms. The largest absolute Gasteiger partial charge is 0.573 e. The fourth-order valence-electron chi connectivity index (χ4n) is 7.44. The molecule has 4 aliphatic rings. The van der Waals surface area contributed by atoms with E-state index in [4.69, 9.17) is 0 Å². The molecule has 1 aromatic carbocycles. The molecule has 0 saturated carbocycles. The molecule has 6 nitrogen and oxygen atoms in total. The van der Waals surface area contributed by atoms with Crippen molar-refractivity contribution < 1.29 is 27.5 Å². The van der Waals surface area contributed by atoms with Gasteiger partial charge in [-0.05, 0) is 87.6 Å². The van der Waals surface area contributed by atoms with Gasteiger partial charge in [-0.2, -0.15) is 0 Å². The minimum absolute atomic E-state index is 0.293. The summed E-state index contributed by atoms with van der Waals surface area (Å²) in [7, 11) is 0. The minimum atomic E-state index is -4.75. The summed E-state index contributed by atoms with van der Waals surface area (Å²) in [6.45, 7) is 3.77. The van der Waals surface area contributed by atoms with Crippen LogP contribution in [-0.2, 0) is 4.79 Å². The summed E-state index contributed by atoms with van der Waals surface area (Å²) in [6, 6.07) is 5.95. The number of halogens is 3. The third-order valence-corrected chi connectivity index (χ3v) is 9.18. The van der Waals surface area contributed by atoms with Gasteiger partial charge in [-0.25, -0.2) is 0 Å². The number of carbonyl (C=O) groups is 2. The molecule has 40 heavy (non-hydrogen) atoms. The van der Waals surface area contributed by atoms with Crippen molar-refractivity contribution in [3.8, 4) is 5.75 Å². The van der Waals surface area contributed by atoms with Gasteiger partial charge in [0.2, 0.25) is 5.91 Å². The van der Waals surface area contributed by atoms with Crippen LogP contribution in [0.5, 0.6) is 5.75 Å².